The molecule has 3 N–H and O–H groups in total. The maximum atomic E-state index is 9.75. The van der Waals surface area contributed by atoms with E-state index in [-0.39, 0.29) is 5.88 Å². The van der Waals surface area contributed by atoms with Crippen LogP contribution >= 0.6 is 0 Å². The maximum absolute atomic E-state index is 9.75. The van der Waals surface area contributed by atoms with Gasteiger partial charge in [-0.25, -0.2) is 0 Å². The first kappa shape index (κ1) is 16.7. The van der Waals surface area contributed by atoms with Gasteiger partial charge in [-0.15, -0.1) is 5.10 Å². The molecule has 0 amide bonds. The van der Waals surface area contributed by atoms with Gasteiger partial charge in [0.2, 0.25) is 11.8 Å². The zero-order valence-corrected chi connectivity index (χ0v) is 15.0. The van der Waals surface area contributed by atoms with Gasteiger partial charge in [-0.3, -0.25) is 5.10 Å². The molecule has 1 atom stereocenters. The van der Waals surface area contributed by atoms with Gasteiger partial charge in [-0.2, -0.15) is 5.26 Å². The number of nitrogens with two attached hydrogens (primary N) is 1. The summed E-state index contributed by atoms with van der Waals surface area (Å²) in [6.07, 6.45) is 0. The van der Waals surface area contributed by atoms with E-state index >= 15 is 0 Å². The molecule has 2 heterocycles. The van der Waals surface area contributed by atoms with E-state index in [0.29, 0.717) is 17.2 Å². The summed E-state index contributed by atoms with van der Waals surface area (Å²) in [5.74, 6) is 0.760. The van der Waals surface area contributed by atoms with E-state index in [1.807, 2.05) is 55.5 Å². The Hall–Kier alpha value is -3.72. The summed E-state index contributed by atoms with van der Waals surface area (Å²) >= 11 is 0. The van der Waals surface area contributed by atoms with Crippen LogP contribution in [0.2, 0.25) is 0 Å². The van der Waals surface area contributed by atoms with E-state index in [0.717, 1.165) is 27.9 Å². The molecule has 134 valence electrons. The first-order valence-electron chi connectivity index (χ1n) is 8.49. The highest BCUT2D eigenvalue weighted by Gasteiger charge is 2.35. The van der Waals surface area contributed by atoms with Crippen LogP contribution in [0.3, 0.4) is 0 Å². The van der Waals surface area contributed by atoms with Crippen molar-refractivity contribution < 1.29 is 9.47 Å². The molecule has 1 aromatic heterocycles. The van der Waals surface area contributed by atoms with Gasteiger partial charge in [0.15, 0.2) is 0 Å². The molecule has 1 aliphatic heterocycles. The van der Waals surface area contributed by atoms with Crippen molar-refractivity contribution in [3.63, 3.8) is 0 Å². The van der Waals surface area contributed by atoms with Crippen molar-refractivity contribution in [2.24, 2.45) is 5.73 Å². The molecule has 0 saturated carbocycles. The Morgan fingerprint density at radius 1 is 1.22 bits per heavy atom. The van der Waals surface area contributed by atoms with Gasteiger partial charge in [0.1, 0.15) is 17.4 Å². The summed E-state index contributed by atoms with van der Waals surface area (Å²) in [7, 11) is 1.61. The Kier molecular flexibility index (Phi) is 4.05. The maximum Gasteiger partial charge on any atom is 0.244 e. The van der Waals surface area contributed by atoms with E-state index in [9.17, 15) is 5.26 Å². The van der Waals surface area contributed by atoms with Crippen LogP contribution in [-0.4, -0.2) is 17.3 Å². The lowest BCUT2D eigenvalue weighted by atomic mass is 9.83. The molecule has 1 aliphatic rings. The van der Waals surface area contributed by atoms with Crippen molar-refractivity contribution >= 4 is 0 Å². The van der Waals surface area contributed by atoms with Crippen molar-refractivity contribution in [1.29, 1.82) is 5.26 Å². The van der Waals surface area contributed by atoms with Crippen molar-refractivity contribution in [2.75, 3.05) is 7.11 Å². The molecule has 0 unspecified atom stereocenters. The van der Waals surface area contributed by atoms with Gasteiger partial charge >= 0.3 is 0 Å². The number of aryl methyl sites for hydroxylation is 1. The van der Waals surface area contributed by atoms with Crippen LogP contribution in [0.4, 0.5) is 0 Å². The van der Waals surface area contributed by atoms with Crippen LogP contribution in [0.15, 0.2) is 60.0 Å². The first-order chi connectivity index (χ1) is 13.1. The minimum absolute atomic E-state index is 0.0692. The molecule has 0 bridgehead atoms. The number of hydrogen-bond donors (Lipinski definition) is 2. The lowest BCUT2D eigenvalue weighted by Crippen LogP contribution is -2.21. The van der Waals surface area contributed by atoms with E-state index < -0.39 is 5.92 Å². The summed E-state index contributed by atoms with van der Waals surface area (Å²) in [5.41, 5.74) is 11.0. The van der Waals surface area contributed by atoms with Crippen molar-refractivity contribution in [1.82, 2.24) is 10.2 Å². The van der Waals surface area contributed by atoms with E-state index in [1.165, 1.54) is 0 Å². The number of ether oxygens (including phenoxy) is 2. The fraction of sp³-hybridized carbons (Fsp3) is 0.143. The van der Waals surface area contributed by atoms with Crippen LogP contribution in [0.1, 0.15) is 22.6 Å². The van der Waals surface area contributed by atoms with Crippen LogP contribution in [-0.2, 0) is 0 Å². The average molecular weight is 358 g/mol. The number of nitrogens with zero attached hydrogens (tertiary/aromatic N) is 2. The second-order valence-corrected chi connectivity index (χ2v) is 6.38. The average Bonchev–Trinajstić information content (AvgIpc) is 3.10. The minimum atomic E-state index is -0.399. The van der Waals surface area contributed by atoms with Crippen molar-refractivity contribution in [3.8, 4) is 29.0 Å². The standard InChI is InChI=1S/C21H18N4O2/c1-12-6-8-13(9-7-12)19-18-17(14-4-3-5-15(10-14)26-2)16(11-22)20(23)27-21(18)25-24-19/h3-10,17H,23H2,1-2H3,(H,24,25)/t17-/m0/s1. The SMILES string of the molecule is COc1cccc([C@H]2C(C#N)=C(N)Oc3n[nH]c(-c4ccc(C)cc4)c32)c1. The highest BCUT2D eigenvalue weighted by atomic mass is 16.5. The molecule has 0 spiro atoms. The Balaban J connectivity index is 1.94. The largest absolute Gasteiger partial charge is 0.497 e. The number of aromatic nitrogens is 2. The number of rotatable bonds is 3. The zero-order valence-electron chi connectivity index (χ0n) is 15.0. The third-order valence-corrected chi connectivity index (χ3v) is 4.71. The highest BCUT2D eigenvalue weighted by Crippen LogP contribution is 2.46. The Morgan fingerprint density at radius 3 is 2.70 bits per heavy atom. The molecule has 2 aromatic carbocycles. The third kappa shape index (κ3) is 2.79. The van der Waals surface area contributed by atoms with Gasteiger partial charge in [0, 0.05) is 5.56 Å². The fourth-order valence-electron chi connectivity index (χ4n) is 3.34. The topological polar surface area (TPSA) is 96.9 Å². The predicted molar refractivity (Wildman–Crippen MR) is 101 cm³/mol. The molecule has 27 heavy (non-hydrogen) atoms. The zero-order chi connectivity index (χ0) is 19.0. The monoisotopic (exact) mass is 358 g/mol. The Labute approximate surface area is 156 Å². The lowest BCUT2D eigenvalue weighted by Gasteiger charge is -2.24. The molecule has 4 rings (SSSR count). The third-order valence-electron chi connectivity index (χ3n) is 4.71. The van der Waals surface area contributed by atoms with Crippen LogP contribution in [0.5, 0.6) is 11.6 Å². The minimum Gasteiger partial charge on any atom is -0.497 e. The number of nitrogens with one attached hydrogen (secondary N) is 1. The number of benzene rings is 2. The van der Waals surface area contributed by atoms with Crippen LogP contribution in [0.25, 0.3) is 11.3 Å². The van der Waals surface area contributed by atoms with Crippen molar-refractivity contribution in [3.05, 3.63) is 76.7 Å². The molecular weight excluding hydrogens is 340 g/mol. The smallest absolute Gasteiger partial charge is 0.244 e. The molecule has 3 aromatic rings. The number of methoxy groups -OCH3 is 1. The molecular formula is C21H18N4O2. The van der Waals surface area contributed by atoms with Gasteiger partial charge in [0.05, 0.1) is 24.3 Å². The predicted octanol–water partition coefficient (Wildman–Crippen LogP) is 3.61. The quantitative estimate of drug-likeness (QED) is 0.745. The van der Waals surface area contributed by atoms with Crippen LogP contribution < -0.4 is 15.2 Å². The molecule has 0 aliphatic carbocycles. The van der Waals surface area contributed by atoms with Crippen molar-refractivity contribution in [2.45, 2.75) is 12.8 Å². The van der Waals surface area contributed by atoms with Gasteiger partial charge in [-0.1, -0.05) is 42.0 Å². The normalized spacial score (nSPS) is 15.7. The fourth-order valence-corrected chi connectivity index (χ4v) is 3.34. The number of nitriles is 1. The molecule has 6 heteroatoms. The Bertz CT molecular complexity index is 1070. The summed E-state index contributed by atoms with van der Waals surface area (Å²) in [6, 6.07) is 17.9. The van der Waals surface area contributed by atoms with Gasteiger partial charge in [0.25, 0.3) is 0 Å². The number of aromatic amines is 1. The number of hydrogen-bond acceptors (Lipinski definition) is 5. The molecule has 0 fully saturated rings. The summed E-state index contributed by atoms with van der Waals surface area (Å²) < 4.78 is 11.0. The van der Waals surface area contributed by atoms with E-state index in [1.54, 1.807) is 7.11 Å². The first-order valence-corrected chi connectivity index (χ1v) is 8.49. The molecule has 0 radical (unpaired) electrons. The van der Waals surface area contributed by atoms with Gasteiger partial charge < -0.3 is 15.2 Å². The van der Waals surface area contributed by atoms with E-state index in [2.05, 4.69) is 16.3 Å². The van der Waals surface area contributed by atoms with Crippen LogP contribution in [0, 0.1) is 18.3 Å². The van der Waals surface area contributed by atoms with Gasteiger partial charge in [-0.05, 0) is 24.6 Å². The molecule has 6 nitrogen and oxygen atoms in total. The number of fused-ring (bicyclic) bond motifs is 1. The lowest BCUT2D eigenvalue weighted by molar-refractivity contribution is 0.378. The summed E-state index contributed by atoms with van der Waals surface area (Å²) in [4.78, 5) is 0. The second kappa shape index (κ2) is 6.54. The highest BCUT2D eigenvalue weighted by molar-refractivity contribution is 5.71. The number of H-pyrrole nitrogens is 1. The second-order valence-electron chi connectivity index (χ2n) is 6.38. The number of allylic oxidation sites excluding steroid dienone is 1. The Morgan fingerprint density at radius 2 is 2.00 bits per heavy atom. The molecule has 0 saturated heterocycles. The summed E-state index contributed by atoms with van der Waals surface area (Å²) in [6.45, 7) is 2.03. The van der Waals surface area contributed by atoms with E-state index in [4.69, 9.17) is 15.2 Å². The summed E-state index contributed by atoms with van der Waals surface area (Å²) in [5, 5.41) is 17.1.